The van der Waals surface area contributed by atoms with E-state index in [1.165, 1.54) is 17.0 Å². The lowest BCUT2D eigenvalue weighted by molar-refractivity contribution is -0.142. The highest BCUT2D eigenvalue weighted by Gasteiger charge is 2.30. The summed E-state index contributed by atoms with van der Waals surface area (Å²) in [4.78, 5) is 27.9. The molecule has 3 rings (SSSR count). The number of hydrogen-bond donors (Lipinski definition) is 1. The van der Waals surface area contributed by atoms with Gasteiger partial charge in [0, 0.05) is 20.0 Å². The van der Waals surface area contributed by atoms with Crippen LogP contribution in [-0.2, 0) is 22.6 Å². The number of benzene rings is 3. The van der Waals surface area contributed by atoms with Gasteiger partial charge in [-0.3, -0.25) is 9.59 Å². The van der Waals surface area contributed by atoms with E-state index >= 15 is 0 Å². The summed E-state index contributed by atoms with van der Waals surface area (Å²) in [6, 6.07) is 22.3. The normalized spacial score (nSPS) is 11.7. The van der Waals surface area contributed by atoms with E-state index in [4.69, 9.17) is 4.74 Å². The maximum absolute atomic E-state index is 13.5. The monoisotopic (exact) mass is 462 g/mol. The van der Waals surface area contributed by atoms with Crippen molar-refractivity contribution in [2.45, 2.75) is 38.8 Å². The van der Waals surface area contributed by atoms with E-state index in [-0.39, 0.29) is 36.7 Å². The van der Waals surface area contributed by atoms with Crippen LogP contribution in [0.3, 0.4) is 0 Å². The fraction of sp³-hybridized carbons (Fsp3) is 0.286. The lowest BCUT2D eigenvalue weighted by Gasteiger charge is -2.31. The number of rotatable bonds is 10. The van der Waals surface area contributed by atoms with Crippen LogP contribution in [0, 0.1) is 5.82 Å². The zero-order chi connectivity index (χ0) is 24.5. The molecule has 0 aromatic heterocycles. The summed E-state index contributed by atoms with van der Waals surface area (Å²) >= 11 is 0. The Morgan fingerprint density at radius 3 is 2.21 bits per heavy atom. The highest BCUT2D eigenvalue weighted by molar-refractivity contribution is 5.88. The van der Waals surface area contributed by atoms with Crippen molar-refractivity contribution in [3.63, 3.8) is 0 Å². The van der Waals surface area contributed by atoms with E-state index in [0.29, 0.717) is 12.2 Å². The van der Waals surface area contributed by atoms with Gasteiger partial charge in [-0.15, -0.1) is 0 Å². The Morgan fingerprint density at radius 1 is 0.912 bits per heavy atom. The smallest absolute Gasteiger partial charge is 0.261 e. The molecular weight excluding hydrogens is 431 g/mol. The average molecular weight is 463 g/mol. The molecule has 2 amide bonds. The molecule has 0 heterocycles. The minimum absolute atomic E-state index is 0.152. The maximum Gasteiger partial charge on any atom is 0.261 e. The molecule has 0 radical (unpaired) electrons. The largest absolute Gasteiger partial charge is 0.483 e. The number of nitrogens with one attached hydrogen (secondary N) is 1. The molecule has 0 aliphatic rings. The van der Waals surface area contributed by atoms with Crippen molar-refractivity contribution in [2.75, 3.05) is 13.7 Å². The highest BCUT2D eigenvalue weighted by atomic mass is 19.1. The van der Waals surface area contributed by atoms with Gasteiger partial charge >= 0.3 is 0 Å². The first-order chi connectivity index (χ1) is 16.4. The Morgan fingerprint density at radius 2 is 1.56 bits per heavy atom. The van der Waals surface area contributed by atoms with E-state index in [2.05, 4.69) is 19.2 Å². The molecule has 3 aromatic carbocycles. The van der Waals surface area contributed by atoms with Crippen molar-refractivity contribution in [2.24, 2.45) is 0 Å². The van der Waals surface area contributed by atoms with Crippen LogP contribution in [0.2, 0.25) is 0 Å². The minimum Gasteiger partial charge on any atom is -0.483 e. The third-order valence-electron chi connectivity index (χ3n) is 5.68. The molecule has 0 fully saturated rings. The second-order valence-corrected chi connectivity index (χ2v) is 8.45. The topological polar surface area (TPSA) is 58.6 Å². The molecule has 1 N–H and O–H groups in total. The number of hydrogen-bond acceptors (Lipinski definition) is 3. The average Bonchev–Trinajstić information content (AvgIpc) is 2.86. The van der Waals surface area contributed by atoms with Crippen molar-refractivity contribution in [1.82, 2.24) is 10.2 Å². The zero-order valence-corrected chi connectivity index (χ0v) is 19.8. The first kappa shape index (κ1) is 25.0. The summed E-state index contributed by atoms with van der Waals surface area (Å²) in [6.07, 6.45) is 0.343. The molecule has 0 aliphatic heterocycles. The molecule has 0 spiro atoms. The zero-order valence-electron chi connectivity index (χ0n) is 19.8. The van der Waals surface area contributed by atoms with E-state index in [9.17, 15) is 14.0 Å². The molecule has 178 valence electrons. The van der Waals surface area contributed by atoms with Gasteiger partial charge in [0.1, 0.15) is 17.6 Å². The predicted octanol–water partition coefficient (Wildman–Crippen LogP) is 4.71. The summed E-state index contributed by atoms with van der Waals surface area (Å²) < 4.78 is 19.4. The van der Waals surface area contributed by atoms with E-state index < -0.39 is 6.04 Å². The van der Waals surface area contributed by atoms with Crippen molar-refractivity contribution < 1.29 is 18.7 Å². The Labute approximate surface area is 200 Å². The van der Waals surface area contributed by atoms with Crippen LogP contribution >= 0.6 is 0 Å². The van der Waals surface area contributed by atoms with E-state index in [1.54, 1.807) is 19.2 Å². The minimum atomic E-state index is -0.756. The molecule has 0 saturated heterocycles. The SMILES string of the molecule is CNC(=O)[C@H](Cc1ccccc1)N(Cc1ccc(F)cc1)C(=O)COc1ccccc1C(C)C. The van der Waals surface area contributed by atoms with Crippen LogP contribution in [0.25, 0.3) is 0 Å². The number of ether oxygens (including phenoxy) is 1. The summed E-state index contributed by atoms with van der Waals surface area (Å²) in [6.45, 7) is 4.06. The lowest BCUT2D eigenvalue weighted by atomic mass is 10.0. The summed E-state index contributed by atoms with van der Waals surface area (Å²) in [7, 11) is 1.55. The fourth-order valence-corrected chi connectivity index (χ4v) is 3.82. The molecule has 1 atom stereocenters. The van der Waals surface area contributed by atoms with Crippen LogP contribution in [0.1, 0.15) is 36.5 Å². The highest BCUT2D eigenvalue weighted by Crippen LogP contribution is 2.26. The number of para-hydroxylation sites is 1. The Hall–Kier alpha value is -3.67. The van der Waals surface area contributed by atoms with Gasteiger partial charge in [0.15, 0.2) is 6.61 Å². The van der Waals surface area contributed by atoms with Crippen molar-refractivity contribution in [3.8, 4) is 5.75 Å². The quantitative estimate of drug-likeness (QED) is 0.475. The number of nitrogens with zero attached hydrogens (tertiary/aromatic N) is 1. The van der Waals surface area contributed by atoms with Crippen LogP contribution in [-0.4, -0.2) is 36.4 Å². The summed E-state index contributed by atoms with van der Waals surface area (Å²) in [5.41, 5.74) is 2.66. The second-order valence-electron chi connectivity index (χ2n) is 8.45. The molecule has 0 unspecified atom stereocenters. The molecule has 34 heavy (non-hydrogen) atoms. The Kier molecular flexibility index (Phi) is 8.79. The first-order valence-electron chi connectivity index (χ1n) is 11.4. The molecule has 5 nitrogen and oxygen atoms in total. The third-order valence-corrected chi connectivity index (χ3v) is 5.68. The predicted molar refractivity (Wildman–Crippen MR) is 131 cm³/mol. The number of carbonyl (C=O) groups is 2. The fourth-order valence-electron chi connectivity index (χ4n) is 3.82. The summed E-state index contributed by atoms with van der Waals surface area (Å²) in [5, 5.41) is 2.68. The van der Waals surface area contributed by atoms with Crippen molar-refractivity contribution >= 4 is 11.8 Å². The number of likely N-dealkylation sites (N-methyl/N-ethyl adjacent to an activating group) is 1. The van der Waals surface area contributed by atoms with E-state index in [0.717, 1.165) is 16.7 Å². The van der Waals surface area contributed by atoms with E-state index in [1.807, 2.05) is 54.6 Å². The standard InChI is InChI=1S/C28H31FN2O3/c1-20(2)24-11-7-8-12-26(24)34-19-27(32)31(18-22-13-15-23(29)16-14-22)25(28(33)30-3)17-21-9-5-4-6-10-21/h4-16,20,25H,17-19H2,1-3H3,(H,30,33)/t25-/m0/s1. The van der Waals surface area contributed by atoms with Gasteiger partial charge < -0.3 is 15.0 Å². The van der Waals surface area contributed by atoms with Gasteiger partial charge in [-0.25, -0.2) is 4.39 Å². The van der Waals surface area contributed by atoms with Gasteiger partial charge in [-0.1, -0.05) is 74.5 Å². The third kappa shape index (κ3) is 6.67. The van der Waals surface area contributed by atoms with Crippen LogP contribution < -0.4 is 10.1 Å². The van der Waals surface area contributed by atoms with Gasteiger partial charge in [-0.2, -0.15) is 0 Å². The van der Waals surface area contributed by atoms with Gasteiger partial charge in [0.05, 0.1) is 0 Å². The molecular formula is C28H31FN2O3. The van der Waals surface area contributed by atoms with Crippen LogP contribution in [0.4, 0.5) is 4.39 Å². The summed E-state index contributed by atoms with van der Waals surface area (Å²) in [5.74, 6) is -0.0813. The van der Waals surface area contributed by atoms with Crippen molar-refractivity contribution in [1.29, 1.82) is 0 Å². The number of carbonyl (C=O) groups excluding carboxylic acids is 2. The number of halogens is 1. The lowest BCUT2D eigenvalue weighted by Crippen LogP contribution is -2.51. The molecule has 3 aromatic rings. The maximum atomic E-state index is 13.5. The van der Waals surface area contributed by atoms with Crippen LogP contribution in [0.15, 0.2) is 78.9 Å². The Balaban J connectivity index is 1.88. The Bertz CT molecular complexity index is 1080. The molecule has 0 saturated carbocycles. The molecule has 0 bridgehead atoms. The van der Waals surface area contributed by atoms with Crippen LogP contribution in [0.5, 0.6) is 5.75 Å². The molecule has 6 heteroatoms. The molecule has 0 aliphatic carbocycles. The van der Waals surface area contributed by atoms with Gasteiger partial charge in [-0.05, 0) is 40.8 Å². The van der Waals surface area contributed by atoms with Crippen molar-refractivity contribution in [3.05, 3.63) is 101 Å². The first-order valence-corrected chi connectivity index (χ1v) is 11.4. The van der Waals surface area contributed by atoms with Gasteiger partial charge in [0.25, 0.3) is 5.91 Å². The van der Waals surface area contributed by atoms with Gasteiger partial charge in [0.2, 0.25) is 5.91 Å². The second kappa shape index (κ2) is 12.0. The number of amides is 2.